The molecular formula is C19H25N3O4. The predicted molar refractivity (Wildman–Crippen MR) is 92.8 cm³/mol. The van der Waals surface area contributed by atoms with Crippen LogP contribution >= 0.6 is 0 Å². The molecule has 2 unspecified atom stereocenters. The van der Waals surface area contributed by atoms with Crippen molar-refractivity contribution in [2.75, 3.05) is 13.6 Å². The molecular weight excluding hydrogens is 334 g/mol. The van der Waals surface area contributed by atoms with Crippen LogP contribution in [0.25, 0.3) is 0 Å². The van der Waals surface area contributed by atoms with Crippen LogP contribution in [0.3, 0.4) is 0 Å². The van der Waals surface area contributed by atoms with Gasteiger partial charge in [-0.2, -0.15) is 0 Å². The van der Waals surface area contributed by atoms with E-state index in [1.54, 1.807) is 18.0 Å². The van der Waals surface area contributed by atoms with E-state index in [0.717, 1.165) is 12.8 Å². The summed E-state index contributed by atoms with van der Waals surface area (Å²) in [6.07, 6.45) is 6.93. The summed E-state index contributed by atoms with van der Waals surface area (Å²) >= 11 is 0. The van der Waals surface area contributed by atoms with Crippen LogP contribution in [0.4, 0.5) is 0 Å². The second-order valence-electron chi connectivity index (χ2n) is 7.52. The minimum Gasteiger partial charge on any atom is -0.364 e. The highest BCUT2D eigenvalue weighted by molar-refractivity contribution is 5.93. The van der Waals surface area contributed by atoms with Crippen LogP contribution in [0.1, 0.15) is 32.4 Å². The molecule has 26 heavy (non-hydrogen) atoms. The third-order valence-corrected chi connectivity index (χ3v) is 6.06. The molecule has 0 saturated carbocycles. The summed E-state index contributed by atoms with van der Waals surface area (Å²) in [5.41, 5.74) is 0.0472. The van der Waals surface area contributed by atoms with E-state index in [0.29, 0.717) is 18.8 Å². The third kappa shape index (κ3) is 2.40. The molecule has 7 heteroatoms. The summed E-state index contributed by atoms with van der Waals surface area (Å²) < 4.78 is 11.0. The highest BCUT2D eigenvalue weighted by atomic mass is 16.5. The Balaban J connectivity index is 1.57. The number of hydrogen-bond acceptors (Lipinski definition) is 5. The zero-order valence-electron chi connectivity index (χ0n) is 15.4. The smallest absolute Gasteiger partial charge is 0.230 e. The summed E-state index contributed by atoms with van der Waals surface area (Å²) in [5, 5.41) is 3.86. The first-order valence-electron chi connectivity index (χ1n) is 9.32. The number of ether oxygens (including phenoxy) is 1. The summed E-state index contributed by atoms with van der Waals surface area (Å²) in [6.45, 7) is 5.09. The fourth-order valence-electron chi connectivity index (χ4n) is 4.74. The van der Waals surface area contributed by atoms with Crippen LogP contribution in [0.2, 0.25) is 0 Å². The molecule has 0 N–H and O–H groups in total. The Bertz CT molecular complexity index is 727. The molecule has 0 radical (unpaired) electrons. The van der Waals surface area contributed by atoms with Gasteiger partial charge in [0, 0.05) is 19.2 Å². The molecule has 7 nitrogen and oxygen atoms in total. The van der Waals surface area contributed by atoms with Gasteiger partial charge in [-0.1, -0.05) is 31.2 Å². The summed E-state index contributed by atoms with van der Waals surface area (Å²) in [5.74, 6) is -0.915. The molecule has 2 saturated heterocycles. The third-order valence-electron chi connectivity index (χ3n) is 6.06. The molecule has 4 rings (SSSR count). The van der Waals surface area contributed by atoms with Crippen LogP contribution in [0.5, 0.6) is 0 Å². The minimum absolute atomic E-state index is 0.0544. The van der Waals surface area contributed by atoms with Crippen molar-refractivity contribution in [1.82, 2.24) is 15.0 Å². The van der Waals surface area contributed by atoms with Crippen molar-refractivity contribution in [3.05, 3.63) is 30.2 Å². The standard InChI is InChI=1S/C19H25N3O4/c1-4-13(5-2)22-11-19-8-6-14(26-19)15(16(19)18(22)24)17(23)21(3)10-12-7-9-25-20-12/h6-9,13-16H,4-5,10-11H2,1-3H3/t14-,15?,16?,19-/m1/s1. The Morgan fingerprint density at radius 2 is 2.23 bits per heavy atom. The van der Waals surface area contributed by atoms with E-state index in [2.05, 4.69) is 19.0 Å². The number of hydrogen-bond donors (Lipinski definition) is 0. The van der Waals surface area contributed by atoms with Gasteiger partial charge in [0.1, 0.15) is 17.6 Å². The van der Waals surface area contributed by atoms with E-state index in [-0.39, 0.29) is 24.0 Å². The van der Waals surface area contributed by atoms with Crippen molar-refractivity contribution in [2.45, 2.75) is 51.0 Å². The van der Waals surface area contributed by atoms with Gasteiger partial charge in [-0.3, -0.25) is 9.59 Å². The molecule has 2 fully saturated rings. The fourth-order valence-corrected chi connectivity index (χ4v) is 4.74. The Morgan fingerprint density at radius 3 is 2.88 bits per heavy atom. The first-order chi connectivity index (χ1) is 12.5. The van der Waals surface area contributed by atoms with Crippen molar-refractivity contribution in [1.29, 1.82) is 0 Å². The lowest BCUT2D eigenvalue weighted by atomic mass is 9.76. The lowest BCUT2D eigenvalue weighted by Gasteiger charge is -2.29. The maximum atomic E-state index is 13.2. The number of nitrogens with zero attached hydrogens (tertiary/aromatic N) is 3. The van der Waals surface area contributed by atoms with Gasteiger partial charge in [0.25, 0.3) is 0 Å². The lowest BCUT2D eigenvalue weighted by molar-refractivity contribution is -0.143. The molecule has 140 valence electrons. The van der Waals surface area contributed by atoms with Gasteiger partial charge in [-0.05, 0) is 12.8 Å². The molecule has 0 aromatic carbocycles. The summed E-state index contributed by atoms with van der Waals surface area (Å²) in [6, 6.07) is 1.93. The van der Waals surface area contributed by atoms with E-state index in [9.17, 15) is 9.59 Å². The van der Waals surface area contributed by atoms with Crippen molar-refractivity contribution in [3.63, 3.8) is 0 Å². The lowest BCUT2D eigenvalue weighted by Crippen LogP contribution is -2.45. The molecule has 4 atom stereocenters. The van der Waals surface area contributed by atoms with E-state index in [4.69, 9.17) is 9.26 Å². The molecule has 1 aromatic heterocycles. The second-order valence-corrected chi connectivity index (χ2v) is 7.52. The SMILES string of the molecule is CCC(CC)N1C[C@@]23C=C[C@@H](O2)C(C(=O)N(C)Cc2ccon2)C3C1=O. The zero-order chi connectivity index (χ0) is 18.5. The highest BCUT2D eigenvalue weighted by Gasteiger charge is 2.67. The van der Waals surface area contributed by atoms with Gasteiger partial charge in [0.05, 0.1) is 31.0 Å². The van der Waals surface area contributed by atoms with Crippen LogP contribution in [0, 0.1) is 11.8 Å². The topological polar surface area (TPSA) is 75.9 Å². The Hall–Kier alpha value is -2.15. The van der Waals surface area contributed by atoms with E-state index >= 15 is 0 Å². The molecule has 0 aliphatic carbocycles. The number of fused-ring (bicyclic) bond motifs is 1. The minimum atomic E-state index is -0.639. The number of carbonyl (C=O) groups is 2. The molecule has 3 aliphatic rings. The fraction of sp³-hybridized carbons (Fsp3) is 0.632. The van der Waals surface area contributed by atoms with Crippen molar-refractivity contribution in [3.8, 4) is 0 Å². The van der Waals surface area contributed by atoms with Crippen LogP contribution in [0.15, 0.2) is 29.0 Å². The molecule has 1 spiro atoms. The molecule has 2 bridgehead atoms. The summed E-state index contributed by atoms with van der Waals surface area (Å²) in [4.78, 5) is 29.9. The monoisotopic (exact) mass is 359 g/mol. The second kappa shape index (κ2) is 6.23. The Labute approximate surface area is 152 Å². The van der Waals surface area contributed by atoms with Gasteiger partial charge in [-0.15, -0.1) is 0 Å². The molecule has 4 heterocycles. The highest BCUT2D eigenvalue weighted by Crippen LogP contribution is 2.52. The van der Waals surface area contributed by atoms with Crippen LogP contribution in [-0.2, 0) is 20.9 Å². The maximum Gasteiger partial charge on any atom is 0.230 e. The molecule has 2 amide bonds. The number of amides is 2. The quantitative estimate of drug-likeness (QED) is 0.721. The van der Waals surface area contributed by atoms with Gasteiger partial charge < -0.3 is 19.1 Å². The average Bonchev–Trinajstić information content (AvgIpc) is 3.38. The first-order valence-corrected chi connectivity index (χ1v) is 9.32. The van der Waals surface area contributed by atoms with Crippen molar-refractivity contribution in [2.24, 2.45) is 11.8 Å². The number of aromatic nitrogens is 1. The van der Waals surface area contributed by atoms with Crippen molar-refractivity contribution >= 4 is 11.8 Å². The van der Waals surface area contributed by atoms with Gasteiger partial charge >= 0.3 is 0 Å². The zero-order valence-corrected chi connectivity index (χ0v) is 15.4. The van der Waals surface area contributed by atoms with E-state index in [1.165, 1.54) is 6.26 Å². The molecule has 3 aliphatic heterocycles. The number of carbonyl (C=O) groups excluding carboxylic acids is 2. The average molecular weight is 359 g/mol. The van der Waals surface area contributed by atoms with Crippen LogP contribution < -0.4 is 0 Å². The molecule has 1 aromatic rings. The van der Waals surface area contributed by atoms with E-state index < -0.39 is 17.4 Å². The maximum absolute atomic E-state index is 13.2. The van der Waals surface area contributed by atoms with E-state index in [1.807, 2.05) is 17.1 Å². The predicted octanol–water partition coefficient (Wildman–Crippen LogP) is 1.60. The Kier molecular flexibility index (Phi) is 4.14. The van der Waals surface area contributed by atoms with Crippen molar-refractivity contribution < 1.29 is 18.8 Å². The number of rotatable bonds is 6. The number of likely N-dealkylation sites (tertiary alicyclic amines) is 1. The van der Waals surface area contributed by atoms with Gasteiger partial charge in [-0.25, -0.2) is 0 Å². The Morgan fingerprint density at radius 1 is 1.46 bits per heavy atom. The van der Waals surface area contributed by atoms with Gasteiger partial charge in [0.2, 0.25) is 11.8 Å². The largest absolute Gasteiger partial charge is 0.364 e. The normalized spacial score (nSPS) is 31.9. The van der Waals surface area contributed by atoms with Crippen LogP contribution in [-0.4, -0.2) is 58.1 Å². The summed E-state index contributed by atoms with van der Waals surface area (Å²) in [7, 11) is 1.73. The first kappa shape index (κ1) is 17.3. The van der Waals surface area contributed by atoms with Gasteiger partial charge in [0.15, 0.2) is 0 Å².